The summed E-state index contributed by atoms with van der Waals surface area (Å²) in [5.41, 5.74) is 11.2. The van der Waals surface area contributed by atoms with E-state index >= 15 is 0 Å². The van der Waals surface area contributed by atoms with Crippen LogP contribution in [0.3, 0.4) is 0 Å². The van der Waals surface area contributed by atoms with Gasteiger partial charge in [-0.3, -0.25) is 38.4 Å². The Morgan fingerprint density at radius 2 is 1.43 bits per heavy atom. The zero-order valence-corrected chi connectivity index (χ0v) is 57.3. The predicted molar refractivity (Wildman–Crippen MR) is 355 cm³/mol. The molecule has 27 heteroatoms. The Morgan fingerprint density at radius 3 is 2.01 bits per heavy atom. The van der Waals surface area contributed by atoms with Crippen molar-refractivity contribution in [3.63, 3.8) is 0 Å². The van der Waals surface area contributed by atoms with Gasteiger partial charge in [-0.15, -0.1) is 11.3 Å². The van der Waals surface area contributed by atoms with Crippen LogP contribution in [0.2, 0.25) is 0 Å². The molecule has 11 amide bonds. The van der Waals surface area contributed by atoms with E-state index in [-0.39, 0.29) is 56.2 Å². The summed E-state index contributed by atoms with van der Waals surface area (Å²) >= 11 is 1.47. The lowest BCUT2D eigenvalue weighted by Gasteiger charge is -2.41. The first-order valence-electron chi connectivity index (χ1n) is 32.2. The lowest BCUT2D eigenvalue weighted by molar-refractivity contribution is -0.148. The molecule has 0 aliphatic carbocycles. The molecule has 0 radical (unpaired) electrons. The van der Waals surface area contributed by atoms with E-state index in [2.05, 4.69) is 47.5 Å². The van der Waals surface area contributed by atoms with Crippen LogP contribution < -0.4 is 54.0 Å². The van der Waals surface area contributed by atoms with Crippen LogP contribution in [-0.2, 0) is 65.6 Å². The predicted octanol–water partition coefficient (Wildman–Crippen LogP) is 4.96. The van der Waals surface area contributed by atoms with Crippen molar-refractivity contribution < 1.29 is 62.2 Å². The third-order valence-corrected chi connectivity index (χ3v) is 17.8. The number of urea groups is 1. The summed E-state index contributed by atoms with van der Waals surface area (Å²) in [6.07, 6.45) is 3.58. The monoisotopic (exact) mass is 1320 g/mol. The number of nitrogens with two attached hydrogens (primary N) is 2. The van der Waals surface area contributed by atoms with Gasteiger partial charge in [0.15, 0.2) is 0 Å². The van der Waals surface area contributed by atoms with Crippen molar-refractivity contribution in [1.29, 1.82) is 0 Å². The van der Waals surface area contributed by atoms with E-state index in [9.17, 15) is 47.9 Å². The van der Waals surface area contributed by atoms with Crippen molar-refractivity contribution in [1.82, 2.24) is 52.0 Å². The zero-order valence-electron chi connectivity index (χ0n) is 56.5. The SMILES string of the molecule is CCC(C)C(C(CC(=O)N1CCCC1C(OC)C(C)C(=O)NC(Cc1ccccc1)c1nccs1)OC)N(C)C(=O)C(NC(=O)C(C)(C)NC(=O)OCc1ccc(NC(=O)C(CCCNC(N)=O)NC(=O)C(NC(=O)C(CCCCN)NC(C)=O)C(C)C)cc1)C(C)C. The number of aromatic nitrogens is 1. The number of methoxy groups -OCH3 is 2. The maximum absolute atomic E-state index is 14.7. The van der Waals surface area contributed by atoms with Crippen molar-refractivity contribution in [3.8, 4) is 0 Å². The summed E-state index contributed by atoms with van der Waals surface area (Å²) in [6.45, 7) is 17.7. The normalized spacial score (nSPS) is 16.4. The molecule has 3 aromatic rings. The van der Waals surface area contributed by atoms with Crippen LogP contribution in [0.25, 0.3) is 0 Å². The van der Waals surface area contributed by atoms with Crippen molar-refractivity contribution >= 4 is 76.4 Å². The molecule has 2 aromatic carbocycles. The largest absolute Gasteiger partial charge is 0.445 e. The first kappa shape index (κ1) is 77.7. The molecule has 1 aliphatic heterocycles. The number of carbonyl (C=O) groups excluding carboxylic acids is 10. The van der Waals surface area contributed by atoms with Crippen molar-refractivity contribution in [2.75, 3.05) is 46.2 Å². The number of rotatable bonds is 38. The molecule has 0 spiro atoms. The summed E-state index contributed by atoms with van der Waals surface area (Å²) in [5.74, 6) is -5.44. The number of likely N-dealkylation sites (tertiary alicyclic amines) is 1. The van der Waals surface area contributed by atoms with E-state index < -0.39 is 119 Å². The van der Waals surface area contributed by atoms with Gasteiger partial charge in [-0.25, -0.2) is 14.6 Å². The molecule has 516 valence electrons. The summed E-state index contributed by atoms with van der Waals surface area (Å²) in [7, 11) is 4.69. The Morgan fingerprint density at radius 1 is 0.774 bits per heavy atom. The highest BCUT2D eigenvalue weighted by molar-refractivity contribution is 7.09. The quantitative estimate of drug-likeness (QED) is 0.0339. The topological polar surface area (TPSA) is 366 Å². The van der Waals surface area contributed by atoms with E-state index in [1.165, 1.54) is 39.2 Å². The molecule has 11 unspecified atom stereocenters. The Kier molecular flexibility index (Phi) is 32.1. The molecule has 1 aliphatic rings. The molecule has 12 N–H and O–H groups in total. The number of alkyl carbamates (subject to hydrolysis) is 1. The smallest absolute Gasteiger partial charge is 0.408 e. The molecular weight excluding hydrogens is 1210 g/mol. The highest BCUT2D eigenvalue weighted by atomic mass is 32.1. The van der Waals surface area contributed by atoms with E-state index in [0.717, 1.165) is 10.6 Å². The van der Waals surface area contributed by atoms with E-state index in [0.29, 0.717) is 69.3 Å². The van der Waals surface area contributed by atoms with Crippen LogP contribution >= 0.6 is 11.3 Å². The second-order valence-corrected chi connectivity index (χ2v) is 26.1. The van der Waals surface area contributed by atoms with Crippen molar-refractivity contribution in [2.45, 2.75) is 200 Å². The highest BCUT2D eigenvalue weighted by Gasteiger charge is 2.44. The third-order valence-electron chi connectivity index (χ3n) is 16.9. The Balaban J connectivity index is 1.38. The van der Waals surface area contributed by atoms with Gasteiger partial charge in [-0.1, -0.05) is 97.4 Å². The number of hydrogen-bond donors (Lipinski definition) is 10. The molecule has 0 bridgehead atoms. The maximum atomic E-state index is 14.7. The van der Waals surface area contributed by atoms with Gasteiger partial charge in [0, 0.05) is 58.5 Å². The summed E-state index contributed by atoms with van der Waals surface area (Å²) < 4.78 is 17.7. The van der Waals surface area contributed by atoms with Crippen LogP contribution in [0, 0.1) is 23.7 Å². The number of carbonyl (C=O) groups is 10. The van der Waals surface area contributed by atoms with Gasteiger partial charge in [0.25, 0.3) is 0 Å². The van der Waals surface area contributed by atoms with Gasteiger partial charge in [0.2, 0.25) is 47.3 Å². The third kappa shape index (κ3) is 24.3. The first-order chi connectivity index (χ1) is 44.1. The van der Waals surface area contributed by atoms with Gasteiger partial charge < -0.3 is 78.0 Å². The summed E-state index contributed by atoms with van der Waals surface area (Å²) in [5, 5.41) is 24.7. The number of nitrogens with zero attached hydrogens (tertiary/aromatic N) is 3. The van der Waals surface area contributed by atoms with Crippen molar-refractivity contribution in [2.24, 2.45) is 35.1 Å². The Hall–Kier alpha value is -7.75. The molecule has 93 heavy (non-hydrogen) atoms. The van der Waals surface area contributed by atoms with Gasteiger partial charge in [-0.05, 0) is 113 Å². The fourth-order valence-corrected chi connectivity index (χ4v) is 12.1. The van der Waals surface area contributed by atoms with Gasteiger partial charge >= 0.3 is 12.1 Å². The van der Waals surface area contributed by atoms with Gasteiger partial charge in [0.05, 0.1) is 42.7 Å². The van der Waals surface area contributed by atoms with Crippen LogP contribution in [0.4, 0.5) is 15.3 Å². The molecule has 1 aromatic heterocycles. The van der Waals surface area contributed by atoms with Crippen LogP contribution in [-0.4, -0.2) is 169 Å². The average molecular weight is 1320 g/mol. The van der Waals surface area contributed by atoms with Gasteiger partial charge in [0.1, 0.15) is 41.3 Å². The number of thiazole rings is 1. The van der Waals surface area contributed by atoms with Crippen molar-refractivity contribution in [3.05, 3.63) is 82.3 Å². The van der Waals surface area contributed by atoms with Crippen LogP contribution in [0.15, 0.2) is 66.2 Å². The van der Waals surface area contributed by atoms with E-state index in [1.54, 1.807) is 82.1 Å². The fraction of sp³-hybridized carbons (Fsp3) is 0.621. The van der Waals surface area contributed by atoms with Crippen LogP contribution in [0.5, 0.6) is 0 Å². The maximum Gasteiger partial charge on any atom is 0.408 e. The van der Waals surface area contributed by atoms with Crippen LogP contribution in [0.1, 0.15) is 149 Å². The highest BCUT2D eigenvalue weighted by Crippen LogP contribution is 2.31. The van der Waals surface area contributed by atoms with E-state index in [1.807, 2.05) is 56.5 Å². The second kappa shape index (κ2) is 38.4. The molecule has 26 nitrogen and oxygen atoms in total. The molecule has 2 heterocycles. The summed E-state index contributed by atoms with van der Waals surface area (Å²) in [6, 6.07) is 9.80. The number of ether oxygens (including phenoxy) is 3. The standard InChI is InChI=1S/C66H103N13O13S/c1-14-41(6)55(51(90-12)37-52(81)79-34-21-26-50(79)56(91-13)42(7)57(82)74-49(61-69-33-35-93-61)36-44-22-16-15-17-23-44)78(11)62(86)54(40(4)5)76-63(87)66(9,10)77-65(89)92-38-45-27-29-46(30-28-45)72-58(83)48(25-20-32-70-64(68)88)73-60(85)53(39(2)3)75-59(84)47(71-43(8)80)24-18-19-31-67/h15-17,22-23,27-30,33,35,39-42,47-51,53-56H,14,18-21,24-26,31-32,34,36-38,67H2,1-13H3,(H,71,80)(H,72,83)(H,73,85)(H,74,82)(H,75,84)(H,76,87)(H,77,89)(H3,68,70,88). The lowest BCUT2D eigenvalue weighted by Crippen LogP contribution is -2.62. The number of primary amides is 1. The average Bonchev–Trinajstić information content (AvgIpc) is 2.61. The fourth-order valence-electron chi connectivity index (χ4n) is 11.4. The number of likely N-dealkylation sites (N-methyl/N-ethyl adjacent to an activating group) is 1. The molecule has 0 saturated carbocycles. The minimum atomic E-state index is -1.59. The number of unbranched alkanes of at least 4 members (excludes halogenated alkanes) is 1. The number of amides is 11. The Bertz CT molecular complexity index is 2900. The Labute approximate surface area is 552 Å². The first-order valence-corrected chi connectivity index (χ1v) is 33.1. The second-order valence-electron chi connectivity index (χ2n) is 25.2. The van der Waals surface area contributed by atoms with Gasteiger partial charge in [-0.2, -0.15) is 0 Å². The molecule has 1 fully saturated rings. The minimum Gasteiger partial charge on any atom is -0.445 e. The lowest BCUT2D eigenvalue weighted by atomic mass is 9.89. The number of benzene rings is 2. The summed E-state index contributed by atoms with van der Waals surface area (Å²) in [4.78, 5) is 143. The van der Waals surface area contributed by atoms with E-state index in [4.69, 9.17) is 25.7 Å². The molecule has 11 atom stereocenters. The number of nitrogens with one attached hydrogen (secondary N) is 8. The molecule has 4 rings (SSSR count). The molecular formula is C66H103N13O13S. The number of hydrogen-bond acceptors (Lipinski definition) is 16. The number of anilines is 1. The molecule has 1 saturated heterocycles. The minimum absolute atomic E-state index is 0.0667. The zero-order chi connectivity index (χ0) is 69.1.